The van der Waals surface area contributed by atoms with Gasteiger partial charge in [0.25, 0.3) is 0 Å². The molecule has 18 heteroatoms. The molecule has 4 rings (SSSR count). The van der Waals surface area contributed by atoms with Gasteiger partial charge in [0.15, 0.2) is 11.9 Å². The van der Waals surface area contributed by atoms with Crippen molar-refractivity contribution in [1.29, 1.82) is 0 Å². The molecule has 2 aromatic carbocycles. The smallest absolute Gasteiger partial charge is 0.243 e. The highest BCUT2D eigenvalue weighted by atomic mass is 16.5. The second-order valence-electron chi connectivity index (χ2n) is 13.6. The first-order chi connectivity index (χ1) is 27.5. The zero-order valence-electron chi connectivity index (χ0n) is 32.0. The van der Waals surface area contributed by atoms with Crippen molar-refractivity contribution in [1.82, 2.24) is 31.9 Å². The van der Waals surface area contributed by atoms with Crippen molar-refractivity contribution in [3.8, 4) is 0 Å². The van der Waals surface area contributed by atoms with Crippen molar-refractivity contribution in [2.75, 3.05) is 39.3 Å². The van der Waals surface area contributed by atoms with Crippen molar-refractivity contribution in [3.63, 3.8) is 0 Å². The Balaban J connectivity index is 1.63. The lowest BCUT2D eigenvalue weighted by molar-refractivity contribution is -0.131. The minimum atomic E-state index is -1.03. The predicted octanol–water partition coefficient (Wildman–Crippen LogP) is -1.46. The maximum absolute atomic E-state index is 13.5. The first-order valence-electron chi connectivity index (χ1n) is 18.9. The molecule has 0 aliphatic carbocycles. The molecule has 18 nitrogen and oxygen atoms in total. The summed E-state index contributed by atoms with van der Waals surface area (Å²) in [5, 5.41) is 17.6. The molecule has 0 aromatic heterocycles. The zero-order chi connectivity index (χ0) is 41.0. The van der Waals surface area contributed by atoms with E-state index in [-0.39, 0.29) is 50.9 Å². The maximum Gasteiger partial charge on any atom is 0.243 e. The fourth-order valence-electron chi connectivity index (χ4n) is 6.14. The molecule has 2 bridgehead atoms. The van der Waals surface area contributed by atoms with E-state index in [2.05, 4.69) is 48.5 Å². The number of nitrogens with zero attached hydrogens (tertiary/aromatic N) is 3. The van der Waals surface area contributed by atoms with Gasteiger partial charge in [-0.25, -0.2) is 4.99 Å². The fourth-order valence-corrected chi connectivity index (χ4v) is 6.14. The quantitative estimate of drug-likeness (QED) is 0.0674. The van der Waals surface area contributed by atoms with Gasteiger partial charge in [0.05, 0.1) is 38.3 Å². The Kier molecular flexibility index (Phi) is 17.3. The van der Waals surface area contributed by atoms with Crippen molar-refractivity contribution in [2.45, 2.75) is 62.7 Å². The van der Waals surface area contributed by atoms with Crippen molar-refractivity contribution in [3.05, 3.63) is 95.9 Å². The summed E-state index contributed by atoms with van der Waals surface area (Å²) in [5.74, 6) is -1.40. The normalized spacial score (nSPS) is 21.3. The molecule has 4 atom stereocenters. The van der Waals surface area contributed by atoms with Crippen LogP contribution in [0.5, 0.6) is 0 Å². The highest BCUT2D eigenvalue weighted by Gasteiger charge is 2.29. The minimum Gasteiger partial charge on any atom is -0.444 e. The van der Waals surface area contributed by atoms with Gasteiger partial charge in [0.1, 0.15) is 17.8 Å². The molecule has 14 N–H and O–H groups in total. The number of carbonyl (C=O) groups excluding carboxylic acids is 4. The Labute approximate surface area is 332 Å². The Morgan fingerprint density at radius 3 is 1.74 bits per heavy atom. The van der Waals surface area contributed by atoms with Gasteiger partial charge in [-0.1, -0.05) is 67.2 Å². The summed E-state index contributed by atoms with van der Waals surface area (Å²) in [6.45, 7) is 4.33. The number of amides is 4. The number of fused-ring (bicyclic) bond motifs is 2. The van der Waals surface area contributed by atoms with Crippen LogP contribution < -0.4 is 54.8 Å². The van der Waals surface area contributed by atoms with Crippen LogP contribution in [0, 0.1) is 0 Å². The van der Waals surface area contributed by atoms with Gasteiger partial charge < -0.3 is 54.3 Å². The van der Waals surface area contributed by atoms with Gasteiger partial charge in [0.2, 0.25) is 29.5 Å². The maximum atomic E-state index is 13.5. The molecule has 1 fully saturated rings. The van der Waals surface area contributed by atoms with Gasteiger partial charge in [-0.2, -0.15) is 0 Å². The molecular formula is C39H55N13O5. The number of hydrogen-bond acceptors (Lipinski definition) is 10. The van der Waals surface area contributed by atoms with Crippen LogP contribution in [-0.4, -0.2) is 105 Å². The minimum absolute atomic E-state index is 0.0306. The first kappa shape index (κ1) is 43.3. The monoisotopic (exact) mass is 785 g/mol. The Morgan fingerprint density at radius 1 is 0.684 bits per heavy atom. The van der Waals surface area contributed by atoms with E-state index in [4.69, 9.17) is 32.7 Å². The van der Waals surface area contributed by atoms with Crippen LogP contribution in [0.15, 0.2) is 99.8 Å². The third-order valence-electron chi connectivity index (χ3n) is 8.95. The summed E-state index contributed by atoms with van der Waals surface area (Å²) in [6.07, 6.45) is 3.94. The zero-order valence-corrected chi connectivity index (χ0v) is 32.0. The Morgan fingerprint density at radius 2 is 1.19 bits per heavy atom. The van der Waals surface area contributed by atoms with E-state index >= 15 is 0 Å². The number of nitrogens with one attached hydrogen (secondary N) is 6. The average Bonchev–Trinajstić information content (AvgIpc) is 3.20. The Bertz CT molecular complexity index is 1790. The molecule has 2 aliphatic heterocycles. The van der Waals surface area contributed by atoms with Crippen molar-refractivity contribution < 1.29 is 23.9 Å². The van der Waals surface area contributed by atoms with Crippen molar-refractivity contribution >= 4 is 41.4 Å². The number of benzene rings is 2. The van der Waals surface area contributed by atoms with E-state index in [1.807, 2.05) is 66.7 Å². The van der Waals surface area contributed by atoms with E-state index in [9.17, 15) is 19.2 Å². The Hall–Kier alpha value is -6.43. The number of rotatable bonds is 12. The van der Waals surface area contributed by atoms with E-state index in [1.165, 1.54) is 0 Å². The number of hydrogen-bond donors (Lipinski definition) is 10. The SMILES string of the molecule is C=C1CNC(=O)C(CCCN=C(N)N)NC(=O)CNC(=O)C(CCCN=C(N)N)NC(=O)CNC(Cc2ccccc2)C2=NCC=C(O2)C(Cc2ccccc2)N1. The van der Waals surface area contributed by atoms with Crippen LogP contribution in [0.4, 0.5) is 0 Å². The summed E-state index contributed by atoms with van der Waals surface area (Å²) >= 11 is 0. The van der Waals surface area contributed by atoms with Gasteiger partial charge >= 0.3 is 0 Å². The number of aliphatic imine (C=N–C) groups is 3. The molecule has 0 radical (unpaired) electrons. The predicted molar refractivity (Wildman–Crippen MR) is 219 cm³/mol. The summed E-state index contributed by atoms with van der Waals surface area (Å²) in [7, 11) is 0. The molecule has 0 spiro atoms. The number of guanidine groups is 2. The molecular weight excluding hydrogens is 731 g/mol. The highest BCUT2D eigenvalue weighted by Crippen LogP contribution is 2.19. The molecule has 57 heavy (non-hydrogen) atoms. The third kappa shape index (κ3) is 15.7. The third-order valence-corrected chi connectivity index (χ3v) is 8.95. The summed E-state index contributed by atoms with van der Waals surface area (Å²) in [5.41, 5.74) is 24.4. The van der Waals surface area contributed by atoms with Gasteiger partial charge in [-0.05, 0) is 55.7 Å². The summed E-state index contributed by atoms with van der Waals surface area (Å²) < 4.78 is 6.54. The van der Waals surface area contributed by atoms with E-state index in [0.717, 1.165) is 11.1 Å². The standard InChI is InChI=1S/C39H55N13O5/c1-25-22-48-35(55)28(14-8-17-45-38(40)41)52-34(54)24-49-36(56)29(15-9-18-46-39(42)43)51-33(53)23-47-31(21-27-12-6-3-7-13-27)37-44-19-16-32(57-37)30(50-25)20-26-10-4-2-5-11-26/h2-7,10-13,16,28-31,47,50H,1,8-9,14-15,17-24H2,(H,48,55)(H,49,56)(H,51,53)(H,52,54)(H4,40,41,45)(H4,42,43,46). The lowest BCUT2D eigenvalue weighted by Crippen LogP contribution is -2.53. The van der Waals surface area contributed by atoms with Crippen LogP contribution in [0.3, 0.4) is 0 Å². The second kappa shape index (κ2) is 22.8. The first-order valence-corrected chi connectivity index (χ1v) is 18.9. The number of nitrogens with two attached hydrogens (primary N) is 4. The number of ether oxygens (including phenoxy) is 1. The lowest BCUT2D eigenvalue weighted by atomic mass is 10.0. The fraction of sp³-hybridized carbons (Fsp3) is 0.410. The van der Waals surface area contributed by atoms with Gasteiger partial charge in [0, 0.05) is 18.8 Å². The van der Waals surface area contributed by atoms with Crippen LogP contribution in [0.25, 0.3) is 0 Å². The van der Waals surface area contributed by atoms with Gasteiger partial charge in [-0.3, -0.25) is 34.5 Å². The molecule has 4 amide bonds. The summed E-state index contributed by atoms with van der Waals surface area (Å²) in [6, 6.07) is 16.6. The van der Waals surface area contributed by atoms with Crippen molar-refractivity contribution in [2.24, 2.45) is 37.9 Å². The number of carbonyl (C=O) groups is 4. The average molecular weight is 786 g/mol. The van der Waals surface area contributed by atoms with E-state index in [1.54, 1.807) is 0 Å². The second-order valence-corrected chi connectivity index (χ2v) is 13.6. The van der Waals surface area contributed by atoms with E-state index < -0.39 is 54.3 Å². The largest absolute Gasteiger partial charge is 0.444 e. The molecule has 2 aromatic rings. The van der Waals surface area contributed by atoms with Crippen LogP contribution in [0.1, 0.15) is 36.8 Å². The van der Waals surface area contributed by atoms with Crippen LogP contribution in [-0.2, 0) is 36.8 Å². The molecule has 1 saturated heterocycles. The molecule has 0 saturated carbocycles. The highest BCUT2D eigenvalue weighted by molar-refractivity contribution is 5.93. The molecule has 2 aliphatic rings. The molecule has 306 valence electrons. The molecule has 2 heterocycles. The van der Waals surface area contributed by atoms with Crippen LogP contribution in [0.2, 0.25) is 0 Å². The van der Waals surface area contributed by atoms with E-state index in [0.29, 0.717) is 49.6 Å². The lowest BCUT2D eigenvalue weighted by Gasteiger charge is -2.29. The van der Waals surface area contributed by atoms with Gasteiger partial charge in [-0.15, -0.1) is 0 Å². The van der Waals surface area contributed by atoms with Crippen LogP contribution >= 0.6 is 0 Å². The molecule has 4 unspecified atom stereocenters. The topological polar surface area (TPSA) is 291 Å². The summed E-state index contributed by atoms with van der Waals surface area (Å²) in [4.78, 5) is 66.2.